The van der Waals surface area contributed by atoms with E-state index in [4.69, 9.17) is 0 Å². The number of sulfone groups is 1. The third-order valence-electron chi connectivity index (χ3n) is 3.34. The number of pyridine rings is 1. The monoisotopic (exact) mass is 297 g/mol. The van der Waals surface area contributed by atoms with Gasteiger partial charge in [0.15, 0.2) is 9.84 Å². The van der Waals surface area contributed by atoms with E-state index < -0.39 is 15.1 Å². The van der Waals surface area contributed by atoms with Gasteiger partial charge in [0.2, 0.25) is 0 Å². The van der Waals surface area contributed by atoms with Gasteiger partial charge < -0.3 is 10.6 Å². The minimum atomic E-state index is -3.02. The van der Waals surface area contributed by atoms with E-state index in [1.807, 2.05) is 6.92 Å². The molecule has 0 aliphatic carbocycles. The quantitative estimate of drug-likeness (QED) is 0.840. The Morgan fingerprint density at radius 1 is 1.45 bits per heavy atom. The number of rotatable bonds is 5. The van der Waals surface area contributed by atoms with Crippen LogP contribution >= 0.6 is 0 Å². The van der Waals surface area contributed by atoms with Crippen LogP contribution < -0.4 is 10.6 Å². The van der Waals surface area contributed by atoms with Gasteiger partial charge in [0, 0.05) is 19.3 Å². The Morgan fingerprint density at radius 2 is 2.25 bits per heavy atom. The summed E-state index contributed by atoms with van der Waals surface area (Å²) < 4.78 is 23.3. The van der Waals surface area contributed by atoms with Gasteiger partial charge in [0.05, 0.1) is 16.6 Å². The predicted molar refractivity (Wildman–Crippen MR) is 77.5 cm³/mol. The lowest BCUT2D eigenvalue weighted by atomic mass is 10.2. The maximum atomic E-state index is 11.9. The van der Waals surface area contributed by atoms with Gasteiger partial charge in [-0.05, 0) is 31.9 Å². The zero-order valence-electron chi connectivity index (χ0n) is 11.4. The molecule has 0 aromatic carbocycles. The zero-order chi connectivity index (χ0) is 14.6. The molecule has 1 atom stereocenters. The summed E-state index contributed by atoms with van der Waals surface area (Å²) in [7, 11) is -3.02. The van der Waals surface area contributed by atoms with E-state index in [1.165, 1.54) is 6.20 Å². The van der Waals surface area contributed by atoms with Crippen LogP contribution in [0.15, 0.2) is 18.3 Å². The Labute approximate surface area is 118 Å². The fraction of sp³-hybridized carbons (Fsp3) is 0.538. The topological polar surface area (TPSA) is 88.2 Å². The van der Waals surface area contributed by atoms with Gasteiger partial charge in [-0.1, -0.05) is 0 Å². The van der Waals surface area contributed by atoms with E-state index in [1.54, 1.807) is 12.1 Å². The SMILES string of the molecule is CCNc1ccc(C(=O)NCC2CCCS2(=O)=O)cn1. The van der Waals surface area contributed by atoms with E-state index in [-0.39, 0.29) is 18.2 Å². The van der Waals surface area contributed by atoms with Crippen LogP contribution in [0.1, 0.15) is 30.1 Å². The van der Waals surface area contributed by atoms with Gasteiger partial charge in [-0.3, -0.25) is 4.79 Å². The van der Waals surface area contributed by atoms with Gasteiger partial charge in [-0.2, -0.15) is 0 Å². The summed E-state index contributed by atoms with van der Waals surface area (Å²) in [4.78, 5) is 16.0. The first-order valence-electron chi connectivity index (χ1n) is 6.72. The van der Waals surface area contributed by atoms with Gasteiger partial charge in [0.25, 0.3) is 5.91 Å². The average Bonchev–Trinajstić information content (AvgIpc) is 2.76. The van der Waals surface area contributed by atoms with Crippen molar-refractivity contribution in [3.8, 4) is 0 Å². The van der Waals surface area contributed by atoms with Crippen molar-refractivity contribution in [2.75, 3.05) is 24.2 Å². The minimum absolute atomic E-state index is 0.177. The maximum absolute atomic E-state index is 11.9. The molecular weight excluding hydrogens is 278 g/mol. The molecule has 0 saturated carbocycles. The van der Waals surface area contributed by atoms with Crippen molar-refractivity contribution in [3.63, 3.8) is 0 Å². The van der Waals surface area contributed by atoms with E-state index in [0.29, 0.717) is 24.2 Å². The highest BCUT2D eigenvalue weighted by Gasteiger charge is 2.31. The third-order valence-corrected chi connectivity index (χ3v) is 5.61. The highest BCUT2D eigenvalue weighted by molar-refractivity contribution is 7.92. The number of nitrogens with zero attached hydrogens (tertiary/aromatic N) is 1. The Morgan fingerprint density at radius 3 is 2.80 bits per heavy atom. The Bertz CT molecular complexity index is 569. The molecule has 2 rings (SSSR count). The molecule has 1 aliphatic heterocycles. The highest BCUT2D eigenvalue weighted by Crippen LogP contribution is 2.19. The molecule has 20 heavy (non-hydrogen) atoms. The largest absolute Gasteiger partial charge is 0.370 e. The first-order valence-corrected chi connectivity index (χ1v) is 8.44. The molecule has 0 radical (unpaired) electrons. The van der Waals surface area contributed by atoms with Crippen LogP contribution in [-0.2, 0) is 9.84 Å². The summed E-state index contributed by atoms with van der Waals surface area (Å²) in [5.74, 6) is 0.650. The van der Waals surface area contributed by atoms with Gasteiger partial charge >= 0.3 is 0 Å². The molecule has 1 saturated heterocycles. The Kier molecular flexibility index (Phi) is 4.59. The fourth-order valence-corrected chi connectivity index (χ4v) is 3.98. The van der Waals surface area contributed by atoms with Gasteiger partial charge in [-0.15, -0.1) is 0 Å². The molecule has 1 aliphatic rings. The zero-order valence-corrected chi connectivity index (χ0v) is 12.2. The van der Waals surface area contributed by atoms with Gasteiger partial charge in [0.1, 0.15) is 5.82 Å². The molecule has 1 amide bonds. The van der Waals surface area contributed by atoms with Crippen molar-refractivity contribution in [1.82, 2.24) is 10.3 Å². The Balaban J connectivity index is 1.91. The van der Waals surface area contributed by atoms with Crippen LogP contribution in [0.25, 0.3) is 0 Å². The van der Waals surface area contributed by atoms with Gasteiger partial charge in [-0.25, -0.2) is 13.4 Å². The summed E-state index contributed by atoms with van der Waals surface area (Å²) in [5, 5.41) is 5.26. The third kappa shape index (κ3) is 3.47. The van der Waals surface area contributed by atoms with Crippen molar-refractivity contribution >= 4 is 21.6 Å². The molecule has 6 nitrogen and oxygen atoms in total. The molecule has 0 spiro atoms. The van der Waals surface area contributed by atoms with Crippen molar-refractivity contribution in [2.45, 2.75) is 25.0 Å². The summed E-state index contributed by atoms with van der Waals surface area (Å²) in [6.07, 6.45) is 2.79. The predicted octanol–water partition coefficient (Wildman–Crippen LogP) is 0.820. The van der Waals surface area contributed by atoms with E-state index in [2.05, 4.69) is 15.6 Å². The highest BCUT2D eigenvalue weighted by atomic mass is 32.2. The van der Waals surface area contributed by atoms with Crippen LogP contribution in [0.3, 0.4) is 0 Å². The Hall–Kier alpha value is -1.63. The summed E-state index contributed by atoms with van der Waals surface area (Å²) in [6, 6.07) is 3.40. The smallest absolute Gasteiger partial charge is 0.252 e. The molecule has 110 valence electrons. The normalized spacial score (nSPS) is 20.6. The van der Waals surface area contributed by atoms with E-state index in [0.717, 1.165) is 6.54 Å². The molecule has 1 aromatic rings. The number of amides is 1. The average molecular weight is 297 g/mol. The van der Waals surface area contributed by atoms with Crippen molar-refractivity contribution < 1.29 is 13.2 Å². The lowest BCUT2D eigenvalue weighted by Gasteiger charge is -2.11. The lowest BCUT2D eigenvalue weighted by molar-refractivity contribution is 0.0953. The molecular formula is C13H19N3O3S. The van der Waals surface area contributed by atoms with Crippen LogP contribution in [0.4, 0.5) is 5.82 Å². The fourth-order valence-electron chi connectivity index (χ4n) is 2.21. The lowest BCUT2D eigenvalue weighted by Crippen LogP contribution is -2.34. The second-order valence-electron chi connectivity index (χ2n) is 4.80. The molecule has 7 heteroatoms. The van der Waals surface area contributed by atoms with Crippen LogP contribution in [0.2, 0.25) is 0 Å². The van der Waals surface area contributed by atoms with E-state index >= 15 is 0 Å². The standard InChI is InChI=1S/C13H19N3O3S/c1-2-14-12-6-5-10(8-15-12)13(17)16-9-11-4-3-7-20(11,18)19/h5-6,8,11H,2-4,7,9H2,1H3,(H,14,15)(H,16,17). The summed E-state index contributed by atoms with van der Waals surface area (Å²) in [6.45, 7) is 2.90. The number of anilines is 1. The number of carbonyl (C=O) groups is 1. The molecule has 1 unspecified atom stereocenters. The van der Waals surface area contributed by atoms with Crippen molar-refractivity contribution in [1.29, 1.82) is 0 Å². The molecule has 0 bridgehead atoms. The molecule has 2 heterocycles. The van der Waals surface area contributed by atoms with Crippen molar-refractivity contribution in [2.24, 2.45) is 0 Å². The molecule has 1 aromatic heterocycles. The molecule has 2 N–H and O–H groups in total. The second kappa shape index (κ2) is 6.21. The second-order valence-corrected chi connectivity index (χ2v) is 7.20. The molecule has 1 fully saturated rings. The maximum Gasteiger partial charge on any atom is 0.252 e. The van der Waals surface area contributed by atoms with Crippen LogP contribution in [0.5, 0.6) is 0 Å². The summed E-state index contributed by atoms with van der Waals surface area (Å²) in [5.41, 5.74) is 0.432. The number of hydrogen-bond donors (Lipinski definition) is 2. The summed E-state index contributed by atoms with van der Waals surface area (Å²) >= 11 is 0. The van der Waals surface area contributed by atoms with Crippen LogP contribution in [0, 0.1) is 0 Å². The number of carbonyl (C=O) groups excluding carboxylic acids is 1. The first-order chi connectivity index (χ1) is 9.53. The minimum Gasteiger partial charge on any atom is -0.370 e. The number of aromatic nitrogens is 1. The number of hydrogen-bond acceptors (Lipinski definition) is 5. The first kappa shape index (κ1) is 14.8. The van der Waals surface area contributed by atoms with Crippen LogP contribution in [-0.4, -0.2) is 43.4 Å². The number of nitrogens with one attached hydrogen (secondary N) is 2. The van der Waals surface area contributed by atoms with E-state index in [9.17, 15) is 13.2 Å². The van der Waals surface area contributed by atoms with Crippen molar-refractivity contribution in [3.05, 3.63) is 23.9 Å².